The van der Waals surface area contributed by atoms with Crippen molar-refractivity contribution in [2.45, 2.75) is 63.6 Å². The molecule has 2 bridgehead atoms. The molecule has 6 nitrogen and oxygen atoms in total. The molecule has 6 rings (SSSR count). The van der Waals surface area contributed by atoms with Crippen molar-refractivity contribution in [3.8, 4) is 0 Å². The third-order valence-electron chi connectivity index (χ3n) is 9.27. The van der Waals surface area contributed by atoms with Gasteiger partial charge in [0.15, 0.2) is 0 Å². The van der Waals surface area contributed by atoms with E-state index in [2.05, 4.69) is 4.90 Å². The van der Waals surface area contributed by atoms with Crippen molar-refractivity contribution in [3.05, 3.63) is 34.7 Å². The van der Waals surface area contributed by atoms with Crippen LogP contribution in [-0.4, -0.2) is 56.6 Å². The normalized spacial score (nSPS) is 31.1. The van der Waals surface area contributed by atoms with Crippen molar-refractivity contribution in [2.75, 3.05) is 26.2 Å². The van der Waals surface area contributed by atoms with Crippen molar-refractivity contribution < 1.29 is 10.2 Å². The first-order valence-electron chi connectivity index (χ1n) is 12.3. The van der Waals surface area contributed by atoms with Gasteiger partial charge < -0.3 is 15.1 Å². The molecular formula is C25H35N3O3. The minimum absolute atomic E-state index is 0.0582. The van der Waals surface area contributed by atoms with E-state index in [0.717, 1.165) is 60.1 Å². The average molecular weight is 426 g/mol. The zero-order chi connectivity index (χ0) is 21.2. The van der Waals surface area contributed by atoms with Crippen LogP contribution in [0.3, 0.4) is 0 Å². The zero-order valence-electron chi connectivity index (χ0n) is 18.3. The lowest BCUT2D eigenvalue weighted by molar-refractivity contribution is 0.0806. The highest BCUT2D eigenvalue weighted by atomic mass is 16.3. The lowest BCUT2D eigenvalue weighted by Gasteiger charge is -2.39. The van der Waals surface area contributed by atoms with Crippen LogP contribution in [0, 0.1) is 23.2 Å². The molecule has 3 aliphatic carbocycles. The second-order valence-corrected chi connectivity index (χ2v) is 10.7. The first-order valence-corrected chi connectivity index (χ1v) is 12.3. The van der Waals surface area contributed by atoms with Crippen molar-refractivity contribution in [3.63, 3.8) is 0 Å². The van der Waals surface area contributed by atoms with Crippen LogP contribution in [0.2, 0.25) is 0 Å². The highest BCUT2D eigenvalue weighted by molar-refractivity contribution is 5.76. The Morgan fingerprint density at radius 3 is 2.52 bits per heavy atom. The summed E-state index contributed by atoms with van der Waals surface area (Å²) in [7, 11) is 0. The minimum atomic E-state index is -0.921. The molecule has 168 valence electrons. The number of rotatable bonds is 6. The molecular weight excluding hydrogens is 390 g/mol. The van der Waals surface area contributed by atoms with E-state index in [-0.39, 0.29) is 24.9 Å². The van der Waals surface area contributed by atoms with Gasteiger partial charge in [-0.2, -0.15) is 0 Å². The Labute approximate surface area is 183 Å². The molecule has 4 atom stereocenters. The van der Waals surface area contributed by atoms with Crippen molar-refractivity contribution in [1.29, 1.82) is 0 Å². The summed E-state index contributed by atoms with van der Waals surface area (Å²) in [6.07, 6.45) is 8.48. The molecule has 0 radical (unpaired) electrons. The molecule has 31 heavy (non-hydrogen) atoms. The van der Waals surface area contributed by atoms with Gasteiger partial charge in [-0.25, -0.2) is 4.79 Å². The van der Waals surface area contributed by atoms with E-state index in [1.54, 1.807) is 4.57 Å². The maximum absolute atomic E-state index is 13.3. The first kappa shape index (κ1) is 20.0. The number of imidazole rings is 1. The topological polar surface area (TPSA) is 70.6 Å². The lowest BCUT2D eigenvalue weighted by Crippen LogP contribution is -2.42. The van der Waals surface area contributed by atoms with Gasteiger partial charge in [0, 0.05) is 25.7 Å². The molecule has 4 fully saturated rings. The van der Waals surface area contributed by atoms with Crippen LogP contribution in [-0.2, 0) is 6.54 Å². The lowest BCUT2D eigenvalue weighted by atomic mass is 9.76. The number of aliphatic hydroxyl groups is 2. The Bertz CT molecular complexity index is 1010. The Morgan fingerprint density at radius 2 is 1.81 bits per heavy atom. The number of fused-ring (bicyclic) bond motifs is 4. The van der Waals surface area contributed by atoms with Crippen LogP contribution < -0.4 is 5.69 Å². The van der Waals surface area contributed by atoms with E-state index in [1.807, 2.05) is 28.8 Å². The summed E-state index contributed by atoms with van der Waals surface area (Å²) in [6.45, 7) is 3.20. The zero-order valence-corrected chi connectivity index (χ0v) is 18.3. The fourth-order valence-corrected chi connectivity index (χ4v) is 7.60. The van der Waals surface area contributed by atoms with Gasteiger partial charge >= 0.3 is 5.69 Å². The number of hydrogen-bond acceptors (Lipinski definition) is 4. The number of hydrogen-bond donors (Lipinski definition) is 2. The number of aromatic nitrogens is 2. The summed E-state index contributed by atoms with van der Waals surface area (Å²) in [5.41, 5.74) is 2.45. The van der Waals surface area contributed by atoms with Gasteiger partial charge in [0.25, 0.3) is 0 Å². The highest BCUT2D eigenvalue weighted by Gasteiger charge is 2.63. The van der Waals surface area contributed by atoms with Crippen LogP contribution in [0.25, 0.3) is 11.0 Å². The number of piperidine rings is 1. The molecule has 6 heteroatoms. The largest absolute Gasteiger partial charge is 0.394 e. The molecule has 1 aromatic heterocycles. The van der Waals surface area contributed by atoms with E-state index in [0.29, 0.717) is 0 Å². The summed E-state index contributed by atoms with van der Waals surface area (Å²) < 4.78 is 3.59. The van der Waals surface area contributed by atoms with E-state index in [9.17, 15) is 15.0 Å². The van der Waals surface area contributed by atoms with Gasteiger partial charge in [0.1, 0.15) is 0 Å². The molecule has 1 aliphatic heterocycles. The smallest absolute Gasteiger partial charge is 0.329 e. The monoisotopic (exact) mass is 425 g/mol. The van der Waals surface area contributed by atoms with Gasteiger partial charge in [0.2, 0.25) is 0 Å². The molecule has 1 aromatic carbocycles. The predicted molar refractivity (Wildman–Crippen MR) is 120 cm³/mol. The van der Waals surface area contributed by atoms with Gasteiger partial charge in [0.05, 0.1) is 30.3 Å². The molecule has 2 heterocycles. The van der Waals surface area contributed by atoms with E-state index < -0.39 is 6.10 Å². The number of nitrogens with zero attached hydrogens (tertiary/aromatic N) is 3. The Morgan fingerprint density at radius 1 is 1.06 bits per heavy atom. The highest BCUT2D eigenvalue weighted by Crippen LogP contribution is 2.71. The first-order chi connectivity index (χ1) is 15.1. The maximum Gasteiger partial charge on any atom is 0.329 e. The Hall–Kier alpha value is -1.63. The van der Waals surface area contributed by atoms with Gasteiger partial charge in [-0.15, -0.1) is 0 Å². The van der Waals surface area contributed by atoms with Crippen LogP contribution in [0.4, 0.5) is 0 Å². The summed E-state index contributed by atoms with van der Waals surface area (Å²) in [5.74, 6) is 2.93. The molecule has 1 saturated heterocycles. The predicted octanol–water partition coefficient (Wildman–Crippen LogP) is 2.62. The SMILES string of the molecule is O=c1n(C[C@H](O)CO)c2ccccc2n1C1CCN(C[C@H]2[C@H]3CC[C@H](C3)C23CC3)CC1. The van der Waals surface area contributed by atoms with Gasteiger partial charge in [-0.1, -0.05) is 12.1 Å². The summed E-state index contributed by atoms with van der Waals surface area (Å²) in [5, 5.41) is 19.2. The number of para-hydroxylation sites is 2. The van der Waals surface area contributed by atoms with Crippen molar-refractivity contribution in [2.24, 2.45) is 23.2 Å². The minimum Gasteiger partial charge on any atom is -0.394 e. The molecule has 0 amide bonds. The van der Waals surface area contributed by atoms with E-state index in [1.165, 1.54) is 38.6 Å². The van der Waals surface area contributed by atoms with Crippen LogP contribution in [0.5, 0.6) is 0 Å². The Kier molecular flexibility index (Phi) is 4.82. The molecule has 2 N–H and O–H groups in total. The average Bonchev–Trinajstić information content (AvgIpc) is 3.21. The fraction of sp³-hybridized carbons (Fsp3) is 0.720. The second-order valence-electron chi connectivity index (χ2n) is 10.7. The third kappa shape index (κ3) is 3.13. The van der Waals surface area contributed by atoms with Crippen LogP contribution in [0.1, 0.15) is 51.0 Å². The molecule has 3 saturated carbocycles. The standard InChI is InChI=1S/C25H35N3O3/c29-16-20(30)14-27-22-3-1-2-4-23(22)28(24(27)31)19-7-11-26(12-8-19)15-21-17-5-6-18(13-17)25(21)9-10-25/h1-4,17-21,29-30H,5-16H2/t17-,18+,20-,21-/m0/s1. The van der Waals surface area contributed by atoms with Crippen LogP contribution >= 0.6 is 0 Å². The van der Waals surface area contributed by atoms with Crippen molar-refractivity contribution in [1.82, 2.24) is 14.0 Å². The summed E-state index contributed by atoms with van der Waals surface area (Å²) >= 11 is 0. The second kappa shape index (κ2) is 7.46. The molecule has 1 spiro atoms. The maximum atomic E-state index is 13.3. The quantitative estimate of drug-likeness (QED) is 0.747. The number of likely N-dealkylation sites (tertiary alicyclic amines) is 1. The molecule has 0 unspecified atom stereocenters. The Balaban J connectivity index is 1.19. The van der Waals surface area contributed by atoms with Crippen LogP contribution in [0.15, 0.2) is 29.1 Å². The fourth-order valence-electron chi connectivity index (χ4n) is 7.60. The van der Waals surface area contributed by atoms with E-state index >= 15 is 0 Å². The van der Waals surface area contributed by atoms with E-state index in [4.69, 9.17) is 0 Å². The van der Waals surface area contributed by atoms with Gasteiger partial charge in [-0.3, -0.25) is 9.13 Å². The third-order valence-corrected chi connectivity index (χ3v) is 9.27. The van der Waals surface area contributed by atoms with Crippen molar-refractivity contribution >= 4 is 11.0 Å². The van der Waals surface area contributed by atoms with Gasteiger partial charge in [-0.05, 0) is 80.2 Å². The number of benzene rings is 1. The molecule has 2 aromatic rings. The summed E-state index contributed by atoms with van der Waals surface area (Å²) in [6, 6.07) is 8.06. The summed E-state index contributed by atoms with van der Waals surface area (Å²) in [4.78, 5) is 16.0. The molecule has 4 aliphatic rings. The number of aliphatic hydroxyl groups excluding tert-OH is 2.